The molecule has 1 aromatic carbocycles. The highest BCUT2D eigenvalue weighted by molar-refractivity contribution is 5.99. The summed E-state index contributed by atoms with van der Waals surface area (Å²) in [6.07, 6.45) is 1.12. The Balaban J connectivity index is 2.45. The van der Waals surface area contributed by atoms with Gasteiger partial charge < -0.3 is 16.4 Å². The molecule has 0 saturated carbocycles. The first-order chi connectivity index (χ1) is 9.31. The standard InChI is InChI=1S/C15H22FN3O/c1-8-4-9(2)10(3)19(7-8)14-5-11(15(18)20)13(17)6-12(14)16/h5-6,8-10H,4,7,17H2,1-3H3,(H2,18,20). The molecule has 2 rings (SSSR count). The maximum atomic E-state index is 14.2. The summed E-state index contributed by atoms with van der Waals surface area (Å²) in [4.78, 5) is 13.4. The minimum Gasteiger partial charge on any atom is -0.398 e. The lowest BCUT2D eigenvalue weighted by Crippen LogP contribution is -2.46. The molecule has 1 saturated heterocycles. The molecule has 110 valence electrons. The number of benzene rings is 1. The molecule has 0 aromatic heterocycles. The van der Waals surface area contributed by atoms with Crippen molar-refractivity contribution in [1.29, 1.82) is 0 Å². The van der Waals surface area contributed by atoms with Crippen LogP contribution >= 0.6 is 0 Å². The third kappa shape index (κ3) is 2.57. The number of piperidine rings is 1. The van der Waals surface area contributed by atoms with Crippen LogP contribution in [0.15, 0.2) is 12.1 Å². The normalized spacial score (nSPS) is 26.6. The minimum absolute atomic E-state index is 0.0875. The number of carbonyl (C=O) groups is 1. The lowest BCUT2D eigenvalue weighted by atomic mass is 9.85. The van der Waals surface area contributed by atoms with E-state index in [1.807, 2.05) is 4.90 Å². The van der Waals surface area contributed by atoms with Gasteiger partial charge in [-0.1, -0.05) is 13.8 Å². The van der Waals surface area contributed by atoms with E-state index in [0.717, 1.165) is 13.0 Å². The number of rotatable bonds is 2. The van der Waals surface area contributed by atoms with Gasteiger partial charge in [0.1, 0.15) is 5.82 Å². The van der Waals surface area contributed by atoms with E-state index in [9.17, 15) is 9.18 Å². The summed E-state index contributed by atoms with van der Waals surface area (Å²) in [5.41, 5.74) is 11.6. The SMILES string of the molecule is CC1CC(C)C(C)N(c2cc(C(N)=O)c(N)cc2F)C1. The third-order valence-corrected chi connectivity index (χ3v) is 4.29. The molecule has 5 heteroatoms. The molecule has 0 radical (unpaired) electrons. The summed E-state index contributed by atoms with van der Waals surface area (Å²) in [5, 5.41) is 0. The fraction of sp³-hybridized carbons (Fsp3) is 0.533. The smallest absolute Gasteiger partial charge is 0.250 e. The summed E-state index contributed by atoms with van der Waals surface area (Å²) in [7, 11) is 0. The first kappa shape index (κ1) is 14.6. The van der Waals surface area contributed by atoms with E-state index in [4.69, 9.17) is 11.5 Å². The summed E-state index contributed by atoms with van der Waals surface area (Å²) < 4.78 is 14.2. The van der Waals surface area contributed by atoms with Crippen LogP contribution < -0.4 is 16.4 Å². The number of hydrogen-bond acceptors (Lipinski definition) is 3. The Morgan fingerprint density at radius 2 is 2.00 bits per heavy atom. The van der Waals surface area contributed by atoms with Crippen molar-refractivity contribution in [3.8, 4) is 0 Å². The van der Waals surface area contributed by atoms with Gasteiger partial charge in [0.25, 0.3) is 5.91 Å². The predicted molar refractivity (Wildman–Crippen MR) is 79.1 cm³/mol. The van der Waals surface area contributed by atoms with Crippen LogP contribution in [0.2, 0.25) is 0 Å². The van der Waals surface area contributed by atoms with E-state index < -0.39 is 11.7 Å². The molecule has 1 fully saturated rings. The van der Waals surface area contributed by atoms with E-state index in [0.29, 0.717) is 17.5 Å². The van der Waals surface area contributed by atoms with Crippen LogP contribution in [0.25, 0.3) is 0 Å². The zero-order valence-electron chi connectivity index (χ0n) is 12.2. The Bertz CT molecular complexity index is 532. The van der Waals surface area contributed by atoms with E-state index in [-0.39, 0.29) is 17.3 Å². The van der Waals surface area contributed by atoms with Crippen LogP contribution in [-0.4, -0.2) is 18.5 Å². The van der Waals surface area contributed by atoms with Crippen molar-refractivity contribution in [3.05, 3.63) is 23.5 Å². The van der Waals surface area contributed by atoms with Gasteiger partial charge in [0.15, 0.2) is 0 Å². The van der Waals surface area contributed by atoms with E-state index >= 15 is 0 Å². The molecule has 4 nitrogen and oxygen atoms in total. The molecular formula is C15H22FN3O. The monoisotopic (exact) mass is 279 g/mol. The maximum absolute atomic E-state index is 14.2. The number of nitrogen functional groups attached to an aromatic ring is 1. The van der Waals surface area contributed by atoms with Gasteiger partial charge in [-0.3, -0.25) is 4.79 Å². The predicted octanol–water partition coefficient (Wildman–Crippen LogP) is 2.38. The molecule has 0 spiro atoms. The third-order valence-electron chi connectivity index (χ3n) is 4.29. The Kier molecular flexibility index (Phi) is 3.88. The fourth-order valence-electron chi connectivity index (χ4n) is 3.04. The summed E-state index contributed by atoms with van der Waals surface area (Å²) in [6.45, 7) is 7.16. The number of nitrogens with two attached hydrogens (primary N) is 2. The summed E-state index contributed by atoms with van der Waals surface area (Å²) >= 11 is 0. The molecule has 4 N–H and O–H groups in total. The highest BCUT2D eigenvalue weighted by Gasteiger charge is 2.31. The van der Waals surface area contributed by atoms with Gasteiger partial charge in [0.2, 0.25) is 0 Å². The van der Waals surface area contributed by atoms with Gasteiger partial charge in [0, 0.05) is 18.3 Å². The minimum atomic E-state index is -0.630. The van der Waals surface area contributed by atoms with Crippen LogP contribution in [-0.2, 0) is 0 Å². The Morgan fingerprint density at radius 3 is 2.60 bits per heavy atom. The van der Waals surface area contributed by atoms with Gasteiger partial charge in [-0.05, 0) is 37.3 Å². The second kappa shape index (κ2) is 5.31. The van der Waals surface area contributed by atoms with Crippen LogP contribution in [0.4, 0.5) is 15.8 Å². The van der Waals surface area contributed by atoms with Gasteiger partial charge in [-0.2, -0.15) is 0 Å². The molecule has 1 aliphatic heterocycles. The number of amides is 1. The number of halogens is 1. The number of nitrogens with zero attached hydrogens (tertiary/aromatic N) is 1. The molecule has 1 amide bonds. The van der Waals surface area contributed by atoms with Crippen LogP contribution in [0, 0.1) is 17.7 Å². The van der Waals surface area contributed by atoms with Crippen molar-refractivity contribution < 1.29 is 9.18 Å². The second-order valence-corrected chi connectivity index (χ2v) is 5.97. The number of primary amides is 1. The van der Waals surface area contributed by atoms with Crippen molar-refractivity contribution >= 4 is 17.3 Å². The van der Waals surface area contributed by atoms with Crippen molar-refractivity contribution in [1.82, 2.24) is 0 Å². The lowest BCUT2D eigenvalue weighted by Gasteiger charge is -2.42. The maximum Gasteiger partial charge on any atom is 0.250 e. The van der Waals surface area contributed by atoms with Crippen molar-refractivity contribution in [2.45, 2.75) is 33.2 Å². The van der Waals surface area contributed by atoms with Crippen LogP contribution in [0.5, 0.6) is 0 Å². The highest BCUT2D eigenvalue weighted by atomic mass is 19.1. The number of carbonyl (C=O) groups excluding carboxylic acids is 1. The van der Waals surface area contributed by atoms with Crippen molar-refractivity contribution in [3.63, 3.8) is 0 Å². The molecule has 1 aliphatic rings. The first-order valence-electron chi connectivity index (χ1n) is 6.96. The van der Waals surface area contributed by atoms with Gasteiger partial charge >= 0.3 is 0 Å². The topological polar surface area (TPSA) is 72.3 Å². The molecule has 1 heterocycles. The molecule has 3 atom stereocenters. The first-order valence-corrected chi connectivity index (χ1v) is 6.96. The Morgan fingerprint density at radius 1 is 1.35 bits per heavy atom. The summed E-state index contributed by atoms with van der Waals surface area (Å²) in [6, 6.07) is 2.88. The Hall–Kier alpha value is -1.78. The van der Waals surface area contributed by atoms with Crippen molar-refractivity contribution in [2.75, 3.05) is 17.2 Å². The number of hydrogen-bond donors (Lipinski definition) is 2. The molecule has 0 aliphatic carbocycles. The molecule has 3 unspecified atom stereocenters. The zero-order valence-corrected chi connectivity index (χ0v) is 12.2. The zero-order chi connectivity index (χ0) is 15.0. The largest absolute Gasteiger partial charge is 0.398 e. The van der Waals surface area contributed by atoms with E-state index in [2.05, 4.69) is 20.8 Å². The van der Waals surface area contributed by atoms with Crippen LogP contribution in [0.1, 0.15) is 37.6 Å². The van der Waals surface area contributed by atoms with Gasteiger partial charge in [-0.15, -0.1) is 0 Å². The highest BCUT2D eigenvalue weighted by Crippen LogP contribution is 2.34. The lowest BCUT2D eigenvalue weighted by molar-refractivity contribution is 0.100. The van der Waals surface area contributed by atoms with Crippen LogP contribution in [0.3, 0.4) is 0 Å². The average Bonchev–Trinajstić information content (AvgIpc) is 2.33. The van der Waals surface area contributed by atoms with E-state index in [1.54, 1.807) is 0 Å². The molecule has 1 aromatic rings. The fourth-order valence-corrected chi connectivity index (χ4v) is 3.04. The number of anilines is 2. The second-order valence-electron chi connectivity index (χ2n) is 5.97. The summed E-state index contributed by atoms with van der Waals surface area (Å²) in [5.74, 6) is -0.0851. The van der Waals surface area contributed by atoms with Gasteiger partial charge in [-0.25, -0.2) is 4.39 Å². The average molecular weight is 279 g/mol. The van der Waals surface area contributed by atoms with Gasteiger partial charge in [0.05, 0.1) is 11.3 Å². The molecule has 0 bridgehead atoms. The molecule has 20 heavy (non-hydrogen) atoms. The molecular weight excluding hydrogens is 257 g/mol. The van der Waals surface area contributed by atoms with Crippen molar-refractivity contribution in [2.24, 2.45) is 17.6 Å². The van der Waals surface area contributed by atoms with E-state index in [1.165, 1.54) is 12.1 Å². The Labute approximate surface area is 118 Å². The quantitative estimate of drug-likeness (QED) is 0.816.